The van der Waals surface area contributed by atoms with Crippen LogP contribution in [0, 0.1) is 5.92 Å². The fraction of sp³-hybridized carbons (Fsp3) is 0.412. The highest BCUT2D eigenvalue weighted by Crippen LogP contribution is 2.37. The van der Waals surface area contributed by atoms with E-state index < -0.39 is 39.2 Å². The van der Waals surface area contributed by atoms with Gasteiger partial charge in [-0.2, -0.15) is 13.2 Å². The lowest BCUT2D eigenvalue weighted by molar-refractivity contribution is -0.274. The Hall–Kier alpha value is -2.57. The Labute approximate surface area is 167 Å². The number of rotatable bonds is 6. The highest BCUT2D eigenvalue weighted by molar-refractivity contribution is 7.92. The summed E-state index contributed by atoms with van der Waals surface area (Å²) in [5, 5.41) is 1.91. The van der Waals surface area contributed by atoms with Crippen molar-refractivity contribution in [3.8, 4) is 5.75 Å². The lowest BCUT2D eigenvalue weighted by atomic mass is 9.85. The van der Waals surface area contributed by atoms with Gasteiger partial charge < -0.3 is 10.1 Å². The van der Waals surface area contributed by atoms with E-state index in [1.807, 2.05) is 0 Å². The first-order valence-corrected chi connectivity index (χ1v) is 10.1. The zero-order valence-corrected chi connectivity index (χ0v) is 15.9. The Morgan fingerprint density at radius 1 is 1.10 bits per heavy atom. The van der Waals surface area contributed by atoms with Gasteiger partial charge in [0, 0.05) is 12.7 Å². The van der Waals surface area contributed by atoms with Gasteiger partial charge >= 0.3 is 12.5 Å². The fourth-order valence-corrected chi connectivity index (χ4v) is 4.96. The average Bonchev–Trinajstić information content (AvgIpc) is 2.58. The van der Waals surface area contributed by atoms with Gasteiger partial charge in [-0.15, -0.1) is 13.2 Å². The van der Waals surface area contributed by atoms with Crippen LogP contribution in [0.3, 0.4) is 0 Å². The SMILES string of the molecule is O=S(=O)(c1cccc(OC(F)(F)F)c1)[C@H]1C[C@@H](CNc2ccnc(C(F)(F)F)n2)C1. The summed E-state index contributed by atoms with van der Waals surface area (Å²) in [6, 6.07) is 5.40. The van der Waals surface area contributed by atoms with Gasteiger partial charge in [-0.3, -0.25) is 0 Å². The third-order valence-electron chi connectivity index (χ3n) is 4.48. The van der Waals surface area contributed by atoms with E-state index in [9.17, 15) is 34.8 Å². The van der Waals surface area contributed by atoms with Gasteiger partial charge in [0.25, 0.3) is 0 Å². The third kappa shape index (κ3) is 5.32. The number of sulfone groups is 1. The molecule has 0 aliphatic heterocycles. The number of hydrogen-bond donors (Lipinski definition) is 1. The molecule has 0 bridgehead atoms. The molecule has 0 amide bonds. The Morgan fingerprint density at radius 2 is 1.80 bits per heavy atom. The van der Waals surface area contributed by atoms with Crippen LogP contribution < -0.4 is 10.1 Å². The van der Waals surface area contributed by atoms with Crippen LogP contribution in [-0.4, -0.2) is 36.5 Å². The van der Waals surface area contributed by atoms with Crippen LogP contribution in [0.2, 0.25) is 0 Å². The zero-order valence-electron chi connectivity index (χ0n) is 15.0. The summed E-state index contributed by atoms with van der Waals surface area (Å²) in [7, 11) is -3.87. The monoisotopic (exact) mass is 455 g/mol. The smallest absolute Gasteiger partial charge is 0.406 e. The van der Waals surface area contributed by atoms with Crippen LogP contribution in [0.4, 0.5) is 32.2 Å². The number of halogens is 6. The number of hydrogen-bond acceptors (Lipinski definition) is 6. The van der Waals surface area contributed by atoms with Crippen molar-refractivity contribution in [1.82, 2.24) is 9.97 Å². The van der Waals surface area contributed by atoms with Gasteiger partial charge in [-0.05, 0) is 43.0 Å². The van der Waals surface area contributed by atoms with E-state index in [0.717, 1.165) is 24.4 Å². The second-order valence-corrected chi connectivity index (χ2v) is 8.90. The topological polar surface area (TPSA) is 81.2 Å². The van der Waals surface area contributed by atoms with Crippen molar-refractivity contribution in [2.75, 3.05) is 11.9 Å². The molecule has 3 rings (SSSR count). The molecule has 0 unspecified atom stereocenters. The molecule has 6 nitrogen and oxygen atoms in total. The number of nitrogens with one attached hydrogen (secondary N) is 1. The minimum Gasteiger partial charge on any atom is -0.406 e. The Kier molecular flexibility index (Phi) is 5.85. The maximum Gasteiger partial charge on any atom is 0.573 e. The summed E-state index contributed by atoms with van der Waals surface area (Å²) >= 11 is 0. The molecule has 2 aromatic rings. The van der Waals surface area contributed by atoms with Gasteiger partial charge in [-0.1, -0.05) is 6.07 Å². The highest BCUT2D eigenvalue weighted by atomic mass is 32.2. The minimum absolute atomic E-state index is 0.0411. The van der Waals surface area contributed by atoms with Crippen LogP contribution in [0.15, 0.2) is 41.4 Å². The van der Waals surface area contributed by atoms with E-state index in [-0.39, 0.29) is 36.0 Å². The van der Waals surface area contributed by atoms with Crippen molar-refractivity contribution >= 4 is 15.7 Å². The number of nitrogens with zero attached hydrogens (tertiary/aromatic N) is 2. The van der Waals surface area contributed by atoms with Crippen LogP contribution in [0.1, 0.15) is 18.7 Å². The molecule has 0 spiro atoms. The van der Waals surface area contributed by atoms with Gasteiger partial charge in [0.1, 0.15) is 11.6 Å². The summed E-state index contributed by atoms with van der Waals surface area (Å²) in [6.07, 6.45) is -8.25. The number of anilines is 1. The van der Waals surface area contributed by atoms with Crippen molar-refractivity contribution in [3.05, 3.63) is 42.4 Å². The standard InChI is InChI=1S/C17H15F6N3O3S/c18-16(19,20)15-24-5-4-14(26-15)25-9-10-6-13(7-10)30(27,28)12-3-1-2-11(8-12)29-17(21,22)23/h1-5,8,10,13H,6-7,9H2,(H,24,25,26)/t10-,13+. The van der Waals surface area contributed by atoms with Gasteiger partial charge in [0.2, 0.25) is 5.82 Å². The molecule has 1 N–H and O–H groups in total. The highest BCUT2D eigenvalue weighted by Gasteiger charge is 2.40. The summed E-state index contributed by atoms with van der Waals surface area (Å²) < 4.78 is 104. The largest absolute Gasteiger partial charge is 0.573 e. The van der Waals surface area contributed by atoms with Crippen LogP contribution in [0.5, 0.6) is 5.75 Å². The molecule has 1 aliphatic rings. The van der Waals surface area contributed by atoms with Crippen molar-refractivity contribution in [2.24, 2.45) is 5.92 Å². The molecule has 1 saturated carbocycles. The molecule has 0 radical (unpaired) electrons. The summed E-state index contributed by atoms with van der Waals surface area (Å²) in [5.74, 6) is -2.11. The zero-order chi connectivity index (χ0) is 22.2. The first-order chi connectivity index (χ1) is 13.8. The van der Waals surface area contributed by atoms with Crippen molar-refractivity contribution in [1.29, 1.82) is 0 Å². The fourth-order valence-electron chi connectivity index (χ4n) is 2.98. The van der Waals surface area contributed by atoms with Crippen LogP contribution in [0.25, 0.3) is 0 Å². The molecular weight excluding hydrogens is 440 g/mol. The molecular formula is C17H15F6N3O3S. The lowest BCUT2D eigenvalue weighted by Gasteiger charge is -2.35. The quantitative estimate of drug-likeness (QED) is 0.662. The molecule has 1 fully saturated rings. The molecule has 13 heteroatoms. The molecule has 1 aromatic heterocycles. The second kappa shape index (κ2) is 7.93. The Morgan fingerprint density at radius 3 is 2.43 bits per heavy atom. The van der Waals surface area contributed by atoms with Crippen molar-refractivity contribution in [3.63, 3.8) is 0 Å². The summed E-state index contributed by atoms with van der Waals surface area (Å²) in [6.45, 7) is 0.192. The minimum atomic E-state index is -4.94. The Balaban J connectivity index is 1.58. The number of aromatic nitrogens is 2. The third-order valence-corrected chi connectivity index (χ3v) is 6.65. The normalized spacial score (nSPS) is 19.8. The summed E-state index contributed by atoms with van der Waals surface area (Å²) in [4.78, 5) is 6.21. The predicted molar refractivity (Wildman–Crippen MR) is 92.3 cm³/mol. The Bertz CT molecular complexity index is 1000. The lowest BCUT2D eigenvalue weighted by Crippen LogP contribution is -2.39. The molecule has 1 heterocycles. The average molecular weight is 455 g/mol. The van der Waals surface area contributed by atoms with E-state index >= 15 is 0 Å². The van der Waals surface area contributed by atoms with E-state index in [1.165, 1.54) is 12.1 Å². The first-order valence-electron chi connectivity index (χ1n) is 8.58. The van der Waals surface area contributed by atoms with Gasteiger partial charge in [0.05, 0.1) is 10.1 Å². The predicted octanol–water partition coefficient (Wildman–Crippen LogP) is 4.06. The van der Waals surface area contributed by atoms with E-state index in [0.29, 0.717) is 0 Å². The second-order valence-electron chi connectivity index (χ2n) is 6.67. The van der Waals surface area contributed by atoms with Crippen molar-refractivity contribution < 1.29 is 39.5 Å². The molecule has 164 valence electrons. The first kappa shape index (κ1) is 22.1. The van der Waals surface area contributed by atoms with Gasteiger partial charge in [0.15, 0.2) is 9.84 Å². The maximum absolute atomic E-state index is 12.6. The van der Waals surface area contributed by atoms with Crippen LogP contribution in [-0.2, 0) is 16.0 Å². The summed E-state index contributed by atoms with van der Waals surface area (Å²) in [5.41, 5.74) is 0. The molecule has 1 aliphatic carbocycles. The molecule has 1 aromatic carbocycles. The number of benzene rings is 1. The van der Waals surface area contributed by atoms with E-state index in [4.69, 9.17) is 0 Å². The van der Waals surface area contributed by atoms with E-state index in [1.54, 1.807) is 0 Å². The van der Waals surface area contributed by atoms with Gasteiger partial charge in [-0.25, -0.2) is 18.4 Å². The maximum atomic E-state index is 12.6. The molecule has 0 saturated heterocycles. The molecule has 30 heavy (non-hydrogen) atoms. The molecule has 0 atom stereocenters. The van der Waals surface area contributed by atoms with Crippen LogP contribution >= 0.6 is 0 Å². The van der Waals surface area contributed by atoms with E-state index in [2.05, 4.69) is 20.0 Å². The number of ether oxygens (including phenoxy) is 1. The number of alkyl halides is 6. The van der Waals surface area contributed by atoms with Crippen molar-refractivity contribution in [2.45, 2.75) is 35.5 Å².